The van der Waals surface area contributed by atoms with E-state index in [4.69, 9.17) is 16.7 Å². The van der Waals surface area contributed by atoms with Crippen LogP contribution < -0.4 is 0 Å². The molecule has 1 amide bonds. The molecule has 20 heavy (non-hydrogen) atoms. The van der Waals surface area contributed by atoms with Gasteiger partial charge in [0.1, 0.15) is 5.82 Å². The van der Waals surface area contributed by atoms with Gasteiger partial charge in [-0.2, -0.15) is 0 Å². The lowest BCUT2D eigenvalue weighted by Crippen LogP contribution is -2.36. The number of carbonyl (C=O) groups excluding carboxylic acids is 1. The number of carboxylic acids is 1. The van der Waals surface area contributed by atoms with Crippen molar-refractivity contribution in [3.63, 3.8) is 0 Å². The lowest BCUT2D eigenvalue weighted by molar-refractivity contribution is -0.148. The summed E-state index contributed by atoms with van der Waals surface area (Å²) in [6, 6.07) is 4.29. The van der Waals surface area contributed by atoms with Crippen molar-refractivity contribution in [1.82, 2.24) is 4.90 Å². The van der Waals surface area contributed by atoms with E-state index in [-0.39, 0.29) is 23.0 Å². The molecule has 0 aliphatic rings. The third-order valence-electron chi connectivity index (χ3n) is 3.36. The predicted octanol–water partition coefficient (Wildman–Crippen LogP) is 2.79. The molecule has 0 spiro atoms. The Bertz CT molecular complexity index is 501. The van der Waals surface area contributed by atoms with Crippen LogP contribution in [0.2, 0.25) is 5.02 Å². The Labute approximate surface area is 122 Å². The second-order valence-electron chi connectivity index (χ2n) is 4.81. The van der Waals surface area contributed by atoms with E-state index in [1.807, 2.05) is 0 Å². The third-order valence-corrected chi connectivity index (χ3v) is 3.72. The Hall–Kier alpha value is -1.62. The van der Waals surface area contributed by atoms with Gasteiger partial charge in [-0.05, 0) is 12.1 Å². The highest BCUT2D eigenvalue weighted by atomic mass is 35.5. The van der Waals surface area contributed by atoms with Crippen LogP contribution in [0.25, 0.3) is 0 Å². The van der Waals surface area contributed by atoms with Crippen LogP contribution in [0.15, 0.2) is 18.2 Å². The van der Waals surface area contributed by atoms with Crippen molar-refractivity contribution in [2.75, 3.05) is 7.05 Å². The second-order valence-corrected chi connectivity index (χ2v) is 5.22. The molecule has 0 aromatic heterocycles. The molecule has 2 unspecified atom stereocenters. The average Bonchev–Trinajstić information content (AvgIpc) is 2.40. The number of carbonyl (C=O) groups is 2. The Morgan fingerprint density at radius 1 is 1.35 bits per heavy atom. The summed E-state index contributed by atoms with van der Waals surface area (Å²) >= 11 is 5.90. The molecule has 0 fully saturated rings. The van der Waals surface area contributed by atoms with Gasteiger partial charge in [0.2, 0.25) is 5.91 Å². The predicted molar refractivity (Wildman–Crippen MR) is 73.8 cm³/mol. The van der Waals surface area contributed by atoms with Crippen LogP contribution in [0.1, 0.15) is 19.4 Å². The highest BCUT2D eigenvalue weighted by Crippen LogP contribution is 2.22. The number of carboxylic acid groups (broad SMARTS) is 1. The number of rotatable bonds is 5. The lowest BCUT2D eigenvalue weighted by Gasteiger charge is -2.24. The first-order chi connectivity index (χ1) is 9.25. The SMILES string of the molecule is CC(C(=O)O)C(C)C(=O)N(C)Cc1c(F)cccc1Cl. The Kier molecular flexibility index (Phi) is 5.51. The number of amides is 1. The summed E-state index contributed by atoms with van der Waals surface area (Å²) in [7, 11) is 1.50. The molecule has 1 aromatic rings. The third kappa shape index (κ3) is 3.70. The van der Waals surface area contributed by atoms with Gasteiger partial charge in [0.15, 0.2) is 0 Å². The van der Waals surface area contributed by atoms with Gasteiger partial charge in [-0.15, -0.1) is 0 Å². The fourth-order valence-electron chi connectivity index (χ4n) is 1.77. The molecule has 0 saturated carbocycles. The van der Waals surface area contributed by atoms with Gasteiger partial charge in [-0.25, -0.2) is 4.39 Å². The maximum absolute atomic E-state index is 13.6. The van der Waals surface area contributed by atoms with Crippen LogP contribution in [0.4, 0.5) is 4.39 Å². The van der Waals surface area contributed by atoms with E-state index >= 15 is 0 Å². The molecule has 0 bridgehead atoms. The van der Waals surface area contributed by atoms with Crippen molar-refractivity contribution in [2.24, 2.45) is 11.8 Å². The molecule has 110 valence electrons. The molecule has 0 aliphatic carbocycles. The van der Waals surface area contributed by atoms with Crippen molar-refractivity contribution in [2.45, 2.75) is 20.4 Å². The quantitative estimate of drug-likeness (QED) is 0.910. The summed E-state index contributed by atoms with van der Waals surface area (Å²) in [5.41, 5.74) is 0.222. The summed E-state index contributed by atoms with van der Waals surface area (Å²) in [5, 5.41) is 9.15. The number of aliphatic carboxylic acids is 1. The zero-order chi connectivity index (χ0) is 15.4. The normalized spacial score (nSPS) is 13.7. The fourth-order valence-corrected chi connectivity index (χ4v) is 2.00. The molecule has 0 radical (unpaired) electrons. The van der Waals surface area contributed by atoms with Gasteiger partial charge >= 0.3 is 5.97 Å². The summed E-state index contributed by atoms with van der Waals surface area (Å²) in [5.74, 6) is -3.39. The zero-order valence-corrected chi connectivity index (χ0v) is 12.3. The van der Waals surface area contributed by atoms with Gasteiger partial charge < -0.3 is 10.0 Å². The van der Waals surface area contributed by atoms with E-state index in [1.54, 1.807) is 13.0 Å². The van der Waals surface area contributed by atoms with Crippen molar-refractivity contribution in [3.8, 4) is 0 Å². The highest BCUT2D eigenvalue weighted by molar-refractivity contribution is 6.31. The van der Waals surface area contributed by atoms with Gasteiger partial charge in [0, 0.05) is 30.1 Å². The standard InChI is InChI=1S/C14H17ClFNO3/c1-8(9(2)14(19)20)13(18)17(3)7-10-11(15)5-4-6-12(10)16/h4-6,8-9H,7H2,1-3H3,(H,19,20). The minimum atomic E-state index is -1.04. The van der Waals surface area contributed by atoms with Gasteiger partial charge in [-0.3, -0.25) is 9.59 Å². The first kappa shape index (κ1) is 16.4. The van der Waals surface area contributed by atoms with E-state index in [1.165, 1.54) is 31.0 Å². The van der Waals surface area contributed by atoms with Crippen molar-refractivity contribution in [1.29, 1.82) is 0 Å². The number of hydrogen-bond acceptors (Lipinski definition) is 2. The Morgan fingerprint density at radius 2 is 1.95 bits per heavy atom. The molecular weight excluding hydrogens is 285 g/mol. The number of hydrogen-bond donors (Lipinski definition) is 1. The van der Waals surface area contributed by atoms with Crippen LogP contribution >= 0.6 is 11.6 Å². The van der Waals surface area contributed by atoms with Crippen molar-refractivity contribution >= 4 is 23.5 Å². The maximum atomic E-state index is 13.6. The summed E-state index contributed by atoms with van der Waals surface area (Å²) < 4.78 is 13.6. The van der Waals surface area contributed by atoms with Gasteiger partial charge in [0.25, 0.3) is 0 Å². The van der Waals surface area contributed by atoms with Gasteiger partial charge in [-0.1, -0.05) is 31.5 Å². The monoisotopic (exact) mass is 301 g/mol. The first-order valence-electron chi connectivity index (χ1n) is 6.16. The zero-order valence-electron chi connectivity index (χ0n) is 11.6. The minimum Gasteiger partial charge on any atom is -0.481 e. The molecule has 2 atom stereocenters. The van der Waals surface area contributed by atoms with Crippen LogP contribution in [-0.4, -0.2) is 28.9 Å². The molecule has 0 saturated heterocycles. The Balaban J connectivity index is 2.83. The van der Waals surface area contributed by atoms with Gasteiger partial charge in [0.05, 0.1) is 5.92 Å². The largest absolute Gasteiger partial charge is 0.481 e. The topological polar surface area (TPSA) is 57.6 Å². The van der Waals surface area contributed by atoms with Crippen LogP contribution in [0, 0.1) is 17.7 Å². The van der Waals surface area contributed by atoms with E-state index in [2.05, 4.69) is 0 Å². The van der Waals surface area contributed by atoms with Crippen molar-refractivity contribution in [3.05, 3.63) is 34.6 Å². The number of halogens is 2. The Morgan fingerprint density at radius 3 is 2.45 bits per heavy atom. The molecule has 0 aliphatic heterocycles. The van der Waals surface area contributed by atoms with E-state index in [9.17, 15) is 14.0 Å². The van der Waals surface area contributed by atoms with Crippen LogP contribution in [0.3, 0.4) is 0 Å². The maximum Gasteiger partial charge on any atom is 0.307 e. The fraction of sp³-hybridized carbons (Fsp3) is 0.429. The summed E-state index contributed by atoms with van der Waals surface area (Å²) in [6.45, 7) is 3.01. The smallest absolute Gasteiger partial charge is 0.307 e. The first-order valence-corrected chi connectivity index (χ1v) is 6.54. The molecule has 0 heterocycles. The molecule has 6 heteroatoms. The highest BCUT2D eigenvalue weighted by Gasteiger charge is 2.28. The van der Waals surface area contributed by atoms with Crippen LogP contribution in [0.5, 0.6) is 0 Å². The summed E-state index contributed by atoms with van der Waals surface area (Å²) in [4.78, 5) is 24.3. The number of nitrogens with zero attached hydrogens (tertiary/aromatic N) is 1. The second kappa shape index (κ2) is 6.70. The minimum absolute atomic E-state index is 0.00101. The van der Waals surface area contributed by atoms with E-state index in [0.717, 1.165) is 0 Å². The number of benzene rings is 1. The molecule has 1 rings (SSSR count). The van der Waals surface area contributed by atoms with E-state index in [0.29, 0.717) is 0 Å². The van der Waals surface area contributed by atoms with Crippen LogP contribution in [-0.2, 0) is 16.1 Å². The molecule has 4 nitrogen and oxygen atoms in total. The molecular formula is C14H17ClFNO3. The van der Waals surface area contributed by atoms with Crippen molar-refractivity contribution < 1.29 is 19.1 Å². The van der Waals surface area contributed by atoms with E-state index < -0.39 is 23.6 Å². The average molecular weight is 302 g/mol. The molecule has 1 N–H and O–H groups in total. The molecule has 1 aromatic carbocycles. The summed E-state index contributed by atoms with van der Waals surface area (Å²) in [6.07, 6.45) is 0. The lowest BCUT2D eigenvalue weighted by atomic mass is 9.94.